The molecule has 0 saturated heterocycles. The average Bonchev–Trinajstić information content (AvgIpc) is 2.61. The number of carbonyl (C=O) groups excluding carboxylic acids is 1. The van der Waals surface area contributed by atoms with Gasteiger partial charge < -0.3 is 10.0 Å². The van der Waals surface area contributed by atoms with Crippen LogP contribution in [0.15, 0.2) is 48.5 Å². The normalized spacial score (nSPS) is 17.3. The summed E-state index contributed by atoms with van der Waals surface area (Å²) in [6.45, 7) is 5.74. The second-order valence-electron chi connectivity index (χ2n) is 6.70. The first-order chi connectivity index (χ1) is 12.0. The van der Waals surface area contributed by atoms with Gasteiger partial charge in [0.2, 0.25) is 5.91 Å². The molecule has 2 aromatic carbocycles. The molecule has 3 rings (SSSR count). The molecule has 0 fully saturated rings. The van der Waals surface area contributed by atoms with Crippen molar-refractivity contribution in [3.63, 3.8) is 0 Å². The van der Waals surface area contributed by atoms with Crippen molar-refractivity contribution in [2.45, 2.75) is 46.1 Å². The Balaban J connectivity index is 1.92. The summed E-state index contributed by atoms with van der Waals surface area (Å²) >= 11 is 0. The average molecular weight is 335 g/mol. The summed E-state index contributed by atoms with van der Waals surface area (Å²) in [5, 5.41) is 9.97. The summed E-state index contributed by atoms with van der Waals surface area (Å²) in [6, 6.07) is 14.5. The van der Waals surface area contributed by atoms with Gasteiger partial charge in [-0.05, 0) is 61.1 Å². The lowest BCUT2D eigenvalue weighted by atomic mass is 9.93. The first-order valence-electron chi connectivity index (χ1n) is 8.94. The van der Waals surface area contributed by atoms with Gasteiger partial charge in [-0.15, -0.1) is 0 Å². The zero-order valence-electron chi connectivity index (χ0n) is 15.1. The van der Waals surface area contributed by atoms with Gasteiger partial charge in [0.1, 0.15) is 5.76 Å². The summed E-state index contributed by atoms with van der Waals surface area (Å²) in [5.74, 6) is 0.425. The predicted octanol–water partition coefficient (Wildman–Crippen LogP) is 5.35. The van der Waals surface area contributed by atoms with Crippen molar-refractivity contribution < 1.29 is 9.90 Å². The Bertz CT molecular complexity index is 805. The van der Waals surface area contributed by atoms with E-state index in [-0.39, 0.29) is 11.9 Å². The molecule has 0 bridgehead atoms. The van der Waals surface area contributed by atoms with Crippen molar-refractivity contribution in [2.24, 2.45) is 0 Å². The molecule has 1 aliphatic rings. The zero-order chi connectivity index (χ0) is 18.0. The minimum absolute atomic E-state index is 0.101. The number of anilines is 1. The lowest BCUT2D eigenvalue weighted by Crippen LogP contribution is -2.40. The Kier molecular flexibility index (Phi) is 4.93. The molecule has 25 heavy (non-hydrogen) atoms. The number of rotatable bonds is 3. The highest BCUT2D eigenvalue weighted by Gasteiger charge is 2.26. The third-order valence-electron chi connectivity index (χ3n) is 4.86. The molecule has 0 spiro atoms. The quantitative estimate of drug-likeness (QED) is 0.768. The number of amides is 1. The maximum atomic E-state index is 12.0. The van der Waals surface area contributed by atoms with Gasteiger partial charge in [0.05, 0.1) is 0 Å². The maximum Gasteiger partial charge on any atom is 0.224 e. The van der Waals surface area contributed by atoms with Gasteiger partial charge in [0, 0.05) is 24.2 Å². The Hall–Kier alpha value is -2.55. The molecular weight excluding hydrogens is 310 g/mol. The van der Waals surface area contributed by atoms with E-state index in [4.69, 9.17) is 0 Å². The number of nitrogens with zero attached hydrogens (tertiary/aromatic N) is 1. The second kappa shape index (κ2) is 7.14. The standard InChI is InChI=1S/C22H25NO2/c1-4-5-22(25)18-10-8-17(9-11-18)19-12-13-21-20(14-19)7-6-15(2)23(21)16(3)24/h5,8-15,25H,4,6-7H2,1-3H3/b22-5-/t15-/m0/s1. The molecule has 1 N–H and O–H groups in total. The largest absolute Gasteiger partial charge is 0.508 e. The SMILES string of the molecule is CC/C=C(\O)c1ccc(-c2ccc3c(c2)CC[C@H](C)N3C(C)=O)cc1. The molecule has 3 heteroatoms. The summed E-state index contributed by atoms with van der Waals surface area (Å²) < 4.78 is 0. The van der Waals surface area contributed by atoms with E-state index in [0.29, 0.717) is 5.76 Å². The Morgan fingerprint density at radius 2 is 1.88 bits per heavy atom. The fraction of sp³-hybridized carbons (Fsp3) is 0.318. The molecule has 1 atom stereocenters. The van der Waals surface area contributed by atoms with Gasteiger partial charge in [0.15, 0.2) is 0 Å². The minimum Gasteiger partial charge on any atom is -0.508 e. The van der Waals surface area contributed by atoms with E-state index in [2.05, 4.69) is 25.1 Å². The van der Waals surface area contributed by atoms with Gasteiger partial charge >= 0.3 is 0 Å². The van der Waals surface area contributed by atoms with E-state index in [1.54, 1.807) is 6.92 Å². The smallest absolute Gasteiger partial charge is 0.224 e. The Morgan fingerprint density at radius 3 is 2.52 bits per heavy atom. The first-order valence-corrected chi connectivity index (χ1v) is 8.94. The van der Waals surface area contributed by atoms with Gasteiger partial charge in [0.25, 0.3) is 0 Å². The van der Waals surface area contributed by atoms with Crippen LogP contribution in [0.25, 0.3) is 16.9 Å². The van der Waals surface area contributed by atoms with Crippen molar-refractivity contribution in [1.82, 2.24) is 0 Å². The number of aryl methyl sites for hydroxylation is 1. The number of aliphatic hydroxyl groups is 1. The molecule has 0 radical (unpaired) electrons. The van der Waals surface area contributed by atoms with Crippen LogP contribution in [0, 0.1) is 0 Å². The molecule has 1 aliphatic heterocycles. The Labute approximate surface area is 149 Å². The van der Waals surface area contributed by atoms with Crippen LogP contribution in [0.3, 0.4) is 0 Å². The first kappa shape index (κ1) is 17.3. The van der Waals surface area contributed by atoms with Crippen molar-refractivity contribution in [2.75, 3.05) is 4.90 Å². The lowest BCUT2D eigenvalue weighted by molar-refractivity contribution is -0.117. The number of benzene rings is 2. The third-order valence-corrected chi connectivity index (χ3v) is 4.86. The molecule has 0 saturated carbocycles. The van der Waals surface area contributed by atoms with E-state index < -0.39 is 0 Å². The fourth-order valence-corrected chi connectivity index (χ4v) is 3.56. The summed E-state index contributed by atoms with van der Waals surface area (Å²) in [6.07, 6.45) is 4.60. The van der Waals surface area contributed by atoms with Crippen LogP contribution >= 0.6 is 0 Å². The van der Waals surface area contributed by atoms with Crippen LogP contribution in [-0.4, -0.2) is 17.1 Å². The van der Waals surface area contributed by atoms with Gasteiger partial charge in [-0.2, -0.15) is 0 Å². The molecular formula is C22H25NO2. The van der Waals surface area contributed by atoms with E-state index in [1.165, 1.54) is 5.56 Å². The summed E-state index contributed by atoms with van der Waals surface area (Å²) in [5.41, 5.74) is 5.35. The molecule has 3 nitrogen and oxygen atoms in total. The lowest BCUT2D eigenvalue weighted by Gasteiger charge is -2.34. The molecule has 1 amide bonds. The topological polar surface area (TPSA) is 40.5 Å². The minimum atomic E-state index is 0.101. The molecule has 2 aromatic rings. The predicted molar refractivity (Wildman–Crippen MR) is 104 cm³/mol. The monoisotopic (exact) mass is 335 g/mol. The van der Waals surface area contributed by atoms with E-state index in [1.807, 2.05) is 42.2 Å². The van der Waals surface area contributed by atoms with Crippen LogP contribution in [0.5, 0.6) is 0 Å². The van der Waals surface area contributed by atoms with Crippen molar-refractivity contribution in [1.29, 1.82) is 0 Å². The second-order valence-corrected chi connectivity index (χ2v) is 6.70. The van der Waals surface area contributed by atoms with Gasteiger partial charge in [-0.1, -0.05) is 37.3 Å². The highest BCUT2D eigenvalue weighted by molar-refractivity contribution is 5.94. The highest BCUT2D eigenvalue weighted by atomic mass is 16.3. The number of hydrogen-bond donors (Lipinski definition) is 1. The Morgan fingerprint density at radius 1 is 1.20 bits per heavy atom. The van der Waals surface area contributed by atoms with Crippen molar-refractivity contribution in [3.8, 4) is 11.1 Å². The molecule has 0 unspecified atom stereocenters. The van der Waals surface area contributed by atoms with E-state index >= 15 is 0 Å². The van der Waals surface area contributed by atoms with Crippen LogP contribution in [0.4, 0.5) is 5.69 Å². The number of aliphatic hydroxyl groups excluding tert-OH is 1. The van der Waals surface area contributed by atoms with Crippen molar-refractivity contribution in [3.05, 3.63) is 59.7 Å². The fourth-order valence-electron chi connectivity index (χ4n) is 3.56. The van der Waals surface area contributed by atoms with Crippen LogP contribution in [0.2, 0.25) is 0 Å². The van der Waals surface area contributed by atoms with Crippen LogP contribution < -0.4 is 4.90 Å². The molecule has 0 aromatic heterocycles. The van der Waals surface area contributed by atoms with Crippen LogP contribution in [-0.2, 0) is 11.2 Å². The summed E-state index contributed by atoms with van der Waals surface area (Å²) in [7, 11) is 0. The van der Waals surface area contributed by atoms with Crippen molar-refractivity contribution >= 4 is 17.4 Å². The molecule has 130 valence electrons. The summed E-state index contributed by atoms with van der Waals surface area (Å²) in [4.78, 5) is 13.9. The molecule has 0 aliphatic carbocycles. The van der Waals surface area contributed by atoms with Gasteiger partial charge in [-0.3, -0.25) is 4.79 Å². The highest BCUT2D eigenvalue weighted by Crippen LogP contribution is 2.34. The third kappa shape index (κ3) is 3.46. The number of hydrogen-bond acceptors (Lipinski definition) is 2. The zero-order valence-corrected chi connectivity index (χ0v) is 15.1. The van der Waals surface area contributed by atoms with E-state index in [9.17, 15) is 9.90 Å². The van der Waals surface area contributed by atoms with E-state index in [0.717, 1.165) is 41.6 Å². The number of allylic oxidation sites excluding steroid dienone is 1. The number of fused-ring (bicyclic) bond motifs is 1. The van der Waals surface area contributed by atoms with Gasteiger partial charge in [-0.25, -0.2) is 0 Å². The maximum absolute atomic E-state index is 12.0. The van der Waals surface area contributed by atoms with Crippen LogP contribution in [0.1, 0.15) is 44.7 Å². The molecule has 1 heterocycles. The number of carbonyl (C=O) groups is 1.